The first-order chi connectivity index (χ1) is 15.0. The van der Waals surface area contributed by atoms with E-state index in [9.17, 15) is 13.2 Å². The number of hydrogen-bond donors (Lipinski definition) is 1. The first-order valence-electron chi connectivity index (χ1n) is 10.9. The summed E-state index contributed by atoms with van der Waals surface area (Å²) in [6, 6.07) is 15.0. The smallest absolute Gasteiger partial charge is 0.272 e. The van der Waals surface area contributed by atoms with Gasteiger partial charge in [-0.1, -0.05) is 36.8 Å². The quantitative estimate of drug-likeness (QED) is 0.641. The third-order valence-corrected chi connectivity index (χ3v) is 7.91. The van der Waals surface area contributed by atoms with Crippen molar-refractivity contribution in [1.82, 2.24) is 19.4 Å². The van der Waals surface area contributed by atoms with Gasteiger partial charge < -0.3 is 5.32 Å². The van der Waals surface area contributed by atoms with Gasteiger partial charge in [0.05, 0.1) is 17.0 Å². The highest BCUT2D eigenvalue weighted by Crippen LogP contribution is 2.24. The van der Waals surface area contributed by atoms with Gasteiger partial charge in [-0.25, -0.2) is 8.42 Å². The third-order valence-electron chi connectivity index (χ3n) is 5.99. The fourth-order valence-electron chi connectivity index (χ4n) is 4.09. The summed E-state index contributed by atoms with van der Waals surface area (Å²) in [5.74, 6) is -0.138. The highest BCUT2D eigenvalue weighted by Gasteiger charge is 2.27. The van der Waals surface area contributed by atoms with E-state index in [0.29, 0.717) is 30.2 Å². The van der Waals surface area contributed by atoms with Gasteiger partial charge in [0, 0.05) is 24.5 Å². The van der Waals surface area contributed by atoms with Crippen LogP contribution in [-0.4, -0.2) is 47.5 Å². The van der Waals surface area contributed by atoms with Gasteiger partial charge in [-0.05, 0) is 49.4 Å². The Morgan fingerprint density at radius 2 is 1.71 bits per heavy atom. The van der Waals surface area contributed by atoms with Gasteiger partial charge in [-0.15, -0.1) is 0 Å². The van der Waals surface area contributed by atoms with E-state index in [1.807, 2.05) is 41.1 Å². The van der Waals surface area contributed by atoms with E-state index < -0.39 is 10.0 Å². The van der Waals surface area contributed by atoms with Crippen molar-refractivity contribution in [3.8, 4) is 0 Å². The highest BCUT2D eigenvalue weighted by atomic mass is 32.2. The van der Waals surface area contributed by atoms with Crippen LogP contribution in [0, 0.1) is 0 Å². The number of hydrogen-bond acceptors (Lipinski definition) is 4. The lowest BCUT2D eigenvalue weighted by Crippen LogP contribution is -2.35. The van der Waals surface area contributed by atoms with Gasteiger partial charge in [-0.3, -0.25) is 9.48 Å². The maximum Gasteiger partial charge on any atom is 0.272 e. The summed E-state index contributed by atoms with van der Waals surface area (Å²) in [6.45, 7) is 1.64. The Morgan fingerprint density at radius 1 is 1.00 bits per heavy atom. The Balaban J connectivity index is 1.39. The number of nitrogens with one attached hydrogen (secondary N) is 1. The van der Waals surface area contributed by atoms with E-state index in [1.165, 1.54) is 0 Å². The number of amides is 1. The van der Waals surface area contributed by atoms with Crippen LogP contribution in [0.2, 0.25) is 0 Å². The Kier molecular flexibility index (Phi) is 5.27. The van der Waals surface area contributed by atoms with Crippen molar-refractivity contribution >= 4 is 26.8 Å². The molecule has 1 amide bonds. The first-order valence-corrected chi connectivity index (χ1v) is 12.3. The molecular weight excluding hydrogens is 412 g/mol. The monoisotopic (exact) mass is 438 g/mol. The molecule has 2 fully saturated rings. The Hall–Kier alpha value is -2.71. The lowest BCUT2D eigenvalue weighted by atomic mass is 10.2. The summed E-state index contributed by atoms with van der Waals surface area (Å²) in [4.78, 5) is 12.9. The summed E-state index contributed by atoms with van der Waals surface area (Å²) in [7, 11) is -3.44. The third kappa shape index (κ3) is 4.09. The maximum absolute atomic E-state index is 12.9. The fraction of sp³-hybridized carbons (Fsp3) is 0.391. The molecule has 2 aliphatic rings. The van der Waals surface area contributed by atoms with Crippen LogP contribution in [-0.2, 0) is 16.6 Å². The van der Waals surface area contributed by atoms with Crippen LogP contribution in [0.3, 0.4) is 0 Å². The van der Waals surface area contributed by atoms with Crippen LogP contribution in [0.1, 0.15) is 48.2 Å². The number of fused-ring (bicyclic) bond motifs is 1. The van der Waals surface area contributed by atoms with E-state index in [0.717, 1.165) is 48.6 Å². The summed E-state index contributed by atoms with van der Waals surface area (Å²) in [6.07, 6.45) is 4.97. The predicted molar refractivity (Wildman–Crippen MR) is 118 cm³/mol. The molecule has 0 spiro atoms. The number of rotatable bonds is 6. The maximum atomic E-state index is 12.9. The lowest BCUT2D eigenvalue weighted by molar-refractivity contribution is 0.0947. The molecule has 0 bridgehead atoms. The minimum atomic E-state index is -3.44. The average molecular weight is 439 g/mol. The number of nitrogens with zero attached hydrogens (tertiary/aromatic N) is 3. The molecule has 31 heavy (non-hydrogen) atoms. The van der Waals surface area contributed by atoms with Crippen LogP contribution < -0.4 is 5.32 Å². The van der Waals surface area contributed by atoms with E-state index in [-0.39, 0.29) is 11.9 Å². The molecule has 1 N–H and O–H groups in total. The van der Waals surface area contributed by atoms with E-state index in [2.05, 4.69) is 10.4 Å². The summed E-state index contributed by atoms with van der Waals surface area (Å²) in [5, 5.41) is 8.42. The van der Waals surface area contributed by atoms with Gasteiger partial charge in [0.15, 0.2) is 5.69 Å². The lowest BCUT2D eigenvalue weighted by Gasteiger charge is -2.25. The van der Waals surface area contributed by atoms with Crippen LogP contribution in [0.25, 0.3) is 10.9 Å². The van der Waals surface area contributed by atoms with Crippen molar-refractivity contribution < 1.29 is 13.2 Å². The molecule has 0 radical (unpaired) electrons. The summed E-state index contributed by atoms with van der Waals surface area (Å²) in [5.41, 5.74) is 2.25. The number of aromatic nitrogens is 2. The molecule has 2 aromatic carbocycles. The van der Waals surface area contributed by atoms with Crippen LogP contribution in [0.15, 0.2) is 53.4 Å². The number of sulfonamides is 1. The largest absolute Gasteiger partial charge is 0.348 e. The number of carbonyl (C=O) groups excluding carboxylic acids is 1. The molecular formula is C23H26N4O3S. The zero-order chi connectivity index (χ0) is 21.4. The number of piperidine rings is 1. The highest BCUT2D eigenvalue weighted by molar-refractivity contribution is 7.89. The van der Waals surface area contributed by atoms with Crippen molar-refractivity contribution in [2.75, 3.05) is 13.1 Å². The standard InChI is InChI=1S/C23H26N4O3S/c28-23(24-18-10-11-18)22-20-6-2-3-7-21(20)27(25-22)16-17-8-12-19(13-9-17)31(29,30)26-14-4-1-5-15-26/h2-3,6-9,12-13,18H,1,4-5,10-11,14-16H2,(H,24,28). The van der Waals surface area contributed by atoms with Crippen molar-refractivity contribution in [2.24, 2.45) is 0 Å². The van der Waals surface area contributed by atoms with E-state index in [4.69, 9.17) is 0 Å². The van der Waals surface area contributed by atoms with Crippen LogP contribution >= 0.6 is 0 Å². The molecule has 1 saturated heterocycles. The molecule has 3 aromatic rings. The molecule has 1 aliphatic heterocycles. The van der Waals surface area contributed by atoms with E-state index >= 15 is 0 Å². The fourth-order valence-corrected chi connectivity index (χ4v) is 5.61. The van der Waals surface area contributed by atoms with Crippen LogP contribution in [0.5, 0.6) is 0 Å². The van der Waals surface area contributed by atoms with Gasteiger partial charge >= 0.3 is 0 Å². The Bertz CT molecular complexity index is 1210. The molecule has 0 unspecified atom stereocenters. The summed E-state index contributed by atoms with van der Waals surface area (Å²) >= 11 is 0. The number of carbonyl (C=O) groups is 1. The first kappa shape index (κ1) is 20.2. The molecule has 1 saturated carbocycles. The SMILES string of the molecule is O=C(NC1CC1)c1nn(Cc2ccc(S(=O)(=O)N3CCCCC3)cc2)c2ccccc12. The molecule has 2 heterocycles. The molecule has 162 valence electrons. The Morgan fingerprint density at radius 3 is 2.42 bits per heavy atom. The number of benzene rings is 2. The topological polar surface area (TPSA) is 84.3 Å². The van der Waals surface area contributed by atoms with E-state index in [1.54, 1.807) is 16.4 Å². The number of para-hydroxylation sites is 1. The normalized spacial score (nSPS) is 17.7. The minimum absolute atomic E-state index is 0.138. The van der Waals surface area contributed by atoms with Crippen molar-refractivity contribution in [1.29, 1.82) is 0 Å². The van der Waals surface area contributed by atoms with Crippen molar-refractivity contribution in [2.45, 2.75) is 49.6 Å². The van der Waals surface area contributed by atoms with Crippen molar-refractivity contribution in [3.63, 3.8) is 0 Å². The zero-order valence-electron chi connectivity index (χ0n) is 17.3. The molecule has 7 nitrogen and oxygen atoms in total. The molecule has 1 aliphatic carbocycles. The van der Waals surface area contributed by atoms with Crippen molar-refractivity contribution in [3.05, 3.63) is 59.8 Å². The van der Waals surface area contributed by atoms with Gasteiger partial charge in [0.1, 0.15) is 0 Å². The Labute approximate surface area is 182 Å². The molecule has 8 heteroatoms. The van der Waals surface area contributed by atoms with Gasteiger partial charge in [0.2, 0.25) is 10.0 Å². The average Bonchev–Trinajstić information content (AvgIpc) is 3.54. The molecule has 1 aromatic heterocycles. The molecule has 0 atom stereocenters. The van der Waals surface area contributed by atoms with Gasteiger partial charge in [0.25, 0.3) is 5.91 Å². The van der Waals surface area contributed by atoms with Crippen LogP contribution in [0.4, 0.5) is 0 Å². The predicted octanol–water partition coefficient (Wildman–Crippen LogP) is 3.15. The zero-order valence-corrected chi connectivity index (χ0v) is 18.1. The second-order valence-corrected chi connectivity index (χ2v) is 10.3. The molecule has 5 rings (SSSR count). The van der Waals surface area contributed by atoms with Gasteiger partial charge in [-0.2, -0.15) is 9.40 Å². The second-order valence-electron chi connectivity index (χ2n) is 8.38. The summed E-state index contributed by atoms with van der Waals surface area (Å²) < 4.78 is 29.1. The second kappa shape index (κ2) is 8.09. The minimum Gasteiger partial charge on any atom is -0.348 e.